The molecule has 0 saturated carbocycles. The molecule has 1 aromatic carbocycles. The second-order valence-corrected chi connectivity index (χ2v) is 5.66. The van der Waals surface area contributed by atoms with Gasteiger partial charge in [-0.2, -0.15) is 0 Å². The highest BCUT2D eigenvalue weighted by atomic mass is 16.6. The van der Waals surface area contributed by atoms with Crippen molar-refractivity contribution in [1.29, 1.82) is 0 Å². The molecule has 2 aliphatic rings. The molecule has 0 bridgehead atoms. The summed E-state index contributed by atoms with van der Waals surface area (Å²) in [5.74, 6) is -0.297. The van der Waals surface area contributed by atoms with Crippen molar-refractivity contribution in [3.05, 3.63) is 47.5 Å². The fraction of sp³-hybridized carbons (Fsp3) is 0.412. The molecule has 5 nitrogen and oxygen atoms in total. The second-order valence-electron chi connectivity index (χ2n) is 5.66. The molecule has 0 aromatic heterocycles. The molecule has 0 radical (unpaired) electrons. The molecular weight excluding hydrogens is 282 g/mol. The summed E-state index contributed by atoms with van der Waals surface area (Å²) < 4.78 is 10.7. The Kier molecular flexibility index (Phi) is 4.13. The van der Waals surface area contributed by atoms with Gasteiger partial charge in [0.15, 0.2) is 0 Å². The van der Waals surface area contributed by atoms with E-state index in [1.807, 2.05) is 30.3 Å². The Labute approximate surface area is 129 Å². The van der Waals surface area contributed by atoms with Crippen LogP contribution in [0.2, 0.25) is 0 Å². The number of carbonyl (C=O) groups is 2. The molecule has 2 heterocycles. The number of ether oxygens (including phenoxy) is 2. The molecule has 5 heteroatoms. The normalized spacial score (nSPS) is 24.1. The quantitative estimate of drug-likeness (QED) is 0.805. The van der Waals surface area contributed by atoms with Crippen molar-refractivity contribution in [3.8, 4) is 0 Å². The van der Waals surface area contributed by atoms with Crippen LogP contribution in [0, 0.1) is 0 Å². The number of cyclic esters (lactones) is 1. The molecule has 2 atom stereocenters. The zero-order valence-corrected chi connectivity index (χ0v) is 12.5. The predicted octanol–water partition coefficient (Wildman–Crippen LogP) is 2.66. The molecule has 2 aliphatic heterocycles. The molecule has 0 N–H and O–H groups in total. The minimum Gasteiger partial charge on any atom is -0.453 e. The minimum atomic E-state index is -0.348. The van der Waals surface area contributed by atoms with Crippen molar-refractivity contribution in [3.63, 3.8) is 0 Å². The number of hydrogen-bond donors (Lipinski definition) is 0. The highest BCUT2D eigenvalue weighted by Gasteiger charge is 2.39. The van der Waals surface area contributed by atoms with Crippen LogP contribution >= 0.6 is 0 Å². The average molecular weight is 301 g/mol. The van der Waals surface area contributed by atoms with Gasteiger partial charge < -0.3 is 14.4 Å². The lowest BCUT2D eigenvalue weighted by Crippen LogP contribution is -2.42. The molecule has 0 spiro atoms. The van der Waals surface area contributed by atoms with Gasteiger partial charge in [-0.25, -0.2) is 9.59 Å². The van der Waals surface area contributed by atoms with Crippen molar-refractivity contribution in [1.82, 2.24) is 4.90 Å². The Bertz CT molecular complexity index is 596. The van der Waals surface area contributed by atoms with E-state index in [-0.39, 0.29) is 30.8 Å². The number of carbonyl (C=O) groups excluding carboxylic acids is 2. The smallest absolute Gasteiger partial charge is 0.410 e. The van der Waals surface area contributed by atoms with Crippen LogP contribution < -0.4 is 0 Å². The summed E-state index contributed by atoms with van der Waals surface area (Å²) in [4.78, 5) is 25.5. The van der Waals surface area contributed by atoms with E-state index in [1.54, 1.807) is 17.9 Å². The van der Waals surface area contributed by atoms with Crippen LogP contribution in [0.4, 0.5) is 4.79 Å². The molecule has 1 saturated heterocycles. The molecular formula is C17H19NO4. The Morgan fingerprint density at radius 3 is 2.82 bits per heavy atom. The Balaban J connectivity index is 1.61. The molecule has 1 fully saturated rings. The monoisotopic (exact) mass is 301 g/mol. The summed E-state index contributed by atoms with van der Waals surface area (Å²) in [5.41, 5.74) is 1.56. The van der Waals surface area contributed by atoms with E-state index in [0.29, 0.717) is 12.1 Å². The van der Waals surface area contributed by atoms with Crippen LogP contribution in [0.5, 0.6) is 0 Å². The number of esters is 1. The predicted molar refractivity (Wildman–Crippen MR) is 80.0 cm³/mol. The minimum absolute atomic E-state index is 0.121. The lowest BCUT2D eigenvalue weighted by molar-refractivity contribution is -0.141. The van der Waals surface area contributed by atoms with Crippen molar-refractivity contribution >= 4 is 12.1 Å². The largest absolute Gasteiger partial charge is 0.453 e. The SMILES string of the molecule is CC1=C[C@@H]([C@@H]2CCCN2C(=O)OCc2ccccc2)OC1=O. The standard InChI is InChI=1S/C17H19NO4/c1-12-10-15(22-16(12)19)14-8-5-9-18(14)17(20)21-11-13-6-3-2-4-7-13/h2-4,6-7,10,14-15H,5,8-9,11H2,1H3/t14-,15-/m0/s1. The van der Waals surface area contributed by atoms with Gasteiger partial charge in [-0.15, -0.1) is 0 Å². The maximum atomic E-state index is 12.3. The van der Waals surface area contributed by atoms with E-state index in [9.17, 15) is 9.59 Å². The first-order chi connectivity index (χ1) is 10.6. The molecule has 3 rings (SSSR count). The van der Waals surface area contributed by atoms with E-state index in [1.165, 1.54) is 0 Å². The molecule has 0 aliphatic carbocycles. The molecule has 116 valence electrons. The molecule has 22 heavy (non-hydrogen) atoms. The van der Waals surface area contributed by atoms with Crippen LogP contribution in [0.1, 0.15) is 25.3 Å². The number of hydrogen-bond acceptors (Lipinski definition) is 4. The van der Waals surface area contributed by atoms with E-state index in [4.69, 9.17) is 9.47 Å². The van der Waals surface area contributed by atoms with Gasteiger partial charge in [-0.3, -0.25) is 0 Å². The lowest BCUT2D eigenvalue weighted by Gasteiger charge is -2.27. The van der Waals surface area contributed by atoms with Gasteiger partial charge in [0.05, 0.1) is 6.04 Å². The fourth-order valence-corrected chi connectivity index (χ4v) is 2.92. The summed E-state index contributed by atoms with van der Waals surface area (Å²) in [6, 6.07) is 9.45. The third-order valence-corrected chi connectivity index (χ3v) is 4.10. The molecule has 1 aromatic rings. The first-order valence-corrected chi connectivity index (χ1v) is 7.52. The van der Waals surface area contributed by atoms with E-state index in [0.717, 1.165) is 18.4 Å². The number of benzene rings is 1. The third-order valence-electron chi connectivity index (χ3n) is 4.10. The Morgan fingerprint density at radius 1 is 1.36 bits per heavy atom. The topological polar surface area (TPSA) is 55.8 Å². The van der Waals surface area contributed by atoms with Crippen molar-refractivity contribution in [2.45, 2.75) is 38.5 Å². The Hall–Kier alpha value is -2.30. The fourth-order valence-electron chi connectivity index (χ4n) is 2.92. The van der Waals surface area contributed by atoms with E-state index >= 15 is 0 Å². The number of nitrogens with zero attached hydrogens (tertiary/aromatic N) is 1. The third kappa shape index (κ3) is 2.98. The van der Waals surface area contributed by atoms with Gasteiger partial charge in [0.1, 0.15) is 12.7 Å². The molecule has 0 unspecified atom stereocenters. The van der Waals surface area contributed by atoms with Gasteiger partial charge >= 0.3 is 12.1 Å². The summed E-state index contributed by atoms with van der Waals surface area (Å²) in [7, 11) is 0. The zero-order chi connectivity index (χ0) is 15.5. The maximum absolute atomic E-state index is 12.3. The first-order valence-electron chi connectivity index (χ1n) is 7.52. The van der Waals surface area contributed by atoms with Crippen LogP contribution in [0.3, 0.4) is 0 Å². The van der Waals surface area contributed by atoms with Crippen LogP contribution in [-0.4, -0.2) is 35.7 Å². The van der Waals surface area contributed by atoms with Gasteiger partial charge in [-0.05, 0) is 31.4 Å². The van der Waals surface area contributed by atoms with Gasteiger partial charge in [0.2, 0.25) is 0 Å². The lowest BCUT2D eigenvalue weighted by atomic mass is 10.1. The first kappa shape index (κ1) is 14.6. The molecule has 1 amide bonds. The second kappa shape index (κ2) is 6.22. The summed E-state index contributed by atoms with van der Waals surface area (Å²) in [6.07, 6.45) is 2.82. The summed E-state index contributed by atoms with van der Waals surface area (Å²) >= 11 is 0. The number of rotatable bonds is 3. The van der Waals surface area contributed by atoms with Crippen molar-refractivity contribution in [2.24, 2.45) is 0 Å². The summed E-state index contributed by atoms with van der Waals surface area (Å²) in [6.45, 7) is 2.62. The van der Waals surface area contributed by atoms with E-state index < -0.39 is 0 Å². The van der Waals surface area contributed by atoms with E-state index in [2.05, 4.69) is 0 Å². The van der Waals surface area contributed by atoms with Gasteiger partial charge in [0.25, 0.3) is 0 Å². The highest BCUT2D eigenvalue weighted by molar-refractivity contribution is 5.90. The van der Waals surface area contributed by atoms with Gasteiger partial charge in [0, 0.05) is 12.1 Å². The average Bonchev–Trinajstić information content (AvgIpc) is 3.13. The van der Waals surface area contributed by atoms with Crippen molar-refractivity contribution < 1.29 is 19.1 Å². The van der Waals surface area contributed by atoms with Crippen LogP contribution in [0.25, 0.3) is 0 Å². The van der Waals surface area contributed by atoms with Crippen LogP contribution in [0.15, 0.2) is 42.0 Å². The highest BCUT2D eigenvalue weighted by Crippen LogP contribution is 2.28. The summed E-state index contributed by atoms with van der Waals surface area (Å²) in [5, 5.41) is 0. The maximum Gasteiger partial charge on any atom is 0.410 e. The number of likely N-dealkylation sites (tertiary alicyclic amines) is 1. The van der Waals surface area contributed by atoms with Crippen LogP contribution in [-0.2, 0) is 20.9 Å². The van der Waals surface area contributed by atoms with Crippen molar-refractivity contribution in [2.75, 3.05) is 6.54 Å². The number of amides is 1. The Morgan fingerprint density at radius 2 is 2.14 bits per heavy atom. The zero-order valence-electron chi connectivity index (χ0n) is 12.5. The van der Waals surface area contributed by atoms with Gasteiger partial charge in [-0.1, -0.05) is 30.3 Å².